The fraction of sp³-hybridized carbons (Fsp3) is 0.455. The summed E-state index contributed by atoms with van der Waals surface area (Å²) >= 11 is 1.56. The number of pyridine rings is 1. The summed E-state index contributed by atoms with van der Waals surface area (Å²) in [4.78, 5) is 16.5. The maximum absolute atomic E-state index is 9.68. The number of ether oxygens (including phenoxy) is 1. The minimum atomic E-state index is 0.480. The maximum atomic E-state index is 9.68. The average molecular weight is 421 g/mol. The molecule has 3 aromatic rings. The minimum absolute atomic E-state index is 0.480. The van der Waals surface area contributed by atoms with Crippen molar-refractivity contribution < 1.29 is 4.74 Å². The molecule has 3 aromatic heterocycles. The number of aromatic nitrogens is 3. The van der Waals surface area contributed by atoms with Gasteiger partial charge in [0.05, 0.1) is 36.0 Å². The summed E-state index contributed by atoms with van der Waals surface area (Å²) in [6.07, 6.45) is 11.6. The third-order valence-electron chi connectivity index (χ3n) is 5.93. The van der Waals surface area contributed by atoms with Crippen LogP contribution in [0.15, 0.2) is 24.7 Å². The highest BCUT2D eigenvalue weighted by Crippen LogP contribution is 2.42. The van der Waals surface area contributed by atoms with Crippen molar-refractivity contribution in [3.63, 3.8) is 0 Å². The van der Waals surface area contributed by atoms with Gasteiger partial charge in [-0.05, 0) is 30.4 Å². The first-order valence-electron chi connectivity index (χ1n) is 10.6. The van der Waals surface area contributed by atoms with Crippen LogP contribution in [0.5, 0.6) is 0 Å². The first-order valence-corrected chi connectivity index (χ1v) is 11.4. The Morgan fingerprint density at radius 2 is 1.83 bits per heavy atom. The van der Waals surface area contributed by atoms with Crippen LogP contribution in [0.4, 0.5) is 17.5 Å². The molecule has 4 heterocycles. The molecule has 1 aliphatic carbocycles. The van der Waals surface area contributed by atoms with Gasteiger partial charge in [0.25, 0.3) is 0 Å². The third kappa shape index (κ3) is 3.83. The van der Waals surface area contributed by atoms with E-state index < -0.39 is 0 Å². The molecular weight excluding hydrogens is 396 g/mol. The van der Waals surface area contributed by atoms with Gasteiger partial charge in [-0.3, -0.25) is 0 Å². The summed E-state index contributed by atoms with van der Waals surface area (Å²) in [6.45, 7) is 3.05. The predicted octanol–water partition coefficient (Wildman–Crippen LogP) is 4.59. The molecule has 0 atom stereocenters. The van der Waals surface area contributed by atoms with E-state index in [1.165, 1.54) is 37.7 Å². The van der Waals surface area contributed by atoms with Crippen LogP contribution >= 0.6 is 11.3 Å². The van der Waals surface area contributed by atoms with E-state index in [-0.39, 0.29) is 0 Å². The van der Waals surface area contributed by atoms with Gasteiger partial charge in [0, 0.05) is 24.7 Å². The molecular formula is C22H24N6OS. The maximum Gasteiger partial charge on any atom is 0.225 e. The number of nitriles is 1. The highest BCUT2D eigenvalue weighted by Gasteiger charge is 2.23. The van der Waals surface area contributed by atoms with E-state index in [2.05, 4.69) is 37.3 Å². The van der Waals surface area contributed by atoms with Crippen molar-refractivity contribution in [2.45, 2.75) is 38.0 Å². The van der Waals surface area contributed by atoms with Gasteiger partial charge in [-0.1, -0.05) is 19.3 Å². The summed E-state index contributed by atoms with van der Waals surface area (Å²) < 4.78 is 6.47. The van der Waals surface area contributed by atoms with Crippen LogP contribution < -0.4 is 10.2 Å². The first kappa shape index (κ1) is 19.2. The zero-order valence-corrected chi connectivity index (χ0v) is 17.6. The van der Waals surface area contributed by atoms with Crippen molar-refractivity contribution in [1.82, 2.24) is 15.0 Å². The molecule has 0 spiro atoms. The number of rotatable bonds is 4. The van der Waals surface area contributed by atoms with Crippen LogP contribution in [0.25, 0.3) is 10.1 Å². The second-order valence-corrected chi connectivity index (χ2v) is 8.91. The fourth-order valence-corrected chi connectivity index (χ4v) is 5.47. The lowest BCUT2D eigenvalue weighted by Gasteiger charge is -2.26. The molecule has 0 bridgehead atoms. The topological polar surface area (TPSA) is 87.0 Å². The van der Waals surface area contributed by atoms with Gasteiger partial charge in [-0.25, -0.2) is 15.0 Å². The van der Waals surface area contributed by atoms with Crippen molar-refractivity contribution in [3.05, 3.63) is 35.1 Å². The Bertz CT molecular complexity index is 1060. The van der Waals surface area contributed by atoms with Crippen molar-refractivity contribution in [3.8, 4) is 6.07 Å². The molecule has 1 saturated carbocycles. The van der Waals surface area contributed by atoms with Crippen LogP contribution in [0.1, 0.15) is 48.5 Å². The molecule has 2 aliphatic rings. The summed E-state index contributed by atoms with van der Waals surface area (Å²) in [5, 5.41) is 14.2. The molecule has 2 fully saturated rings. The molecule has 7 nitrogen and oxygen atoms in total. The van der Waals surface area contributed by atoms with Crippen LogP contribution in [0.2, 0.25) is 0 Å². The molecule has 1 aliphatic heterocycles. The second-order valence-electron chi connectivity index (χ2n) is 7.85. The summed E-state index contributed by atoms with van der Waals surface area (Å²) in [5.41, 5.74) is 2.02. The number of fused-ring (bicyclic) bond motifs is 1. The van der Waals surface area contributed by atoms with Gasteiger partial charge < -0.3 is 15.0 Å². The van der Waals surface area contributed by atoms with E-state index in [4.69, 9.17) is 4.74 Å². The number of nitrogens with one attached hydrogen (secondary N) is 1. The van der Waals surface area contributed by atoms with Gasteiger partial charge in [-0.2, -0.15) is 5.26 Å². The number of morpholine rings is 1. The monoisotopic (exact) mass is 420 g/mol. The third-order valence-corrected chi connectivity index (χ3v) is 6.99. The number of hydrogen-bond donors (Lipinski definition) is 1. The lowest BCUT2D eigenvalue weighted by molar-refractivity contribution is 0.122. The molecule has 5 rings (SSSR count). The molecule has 1 saturated heterocycles. The standard InChI is InChI=1S/C22H24N6OS/c23-11-18-21(15-4-2-1-3-5-15)17-10-20(24-14-19(17)30-18)27-16-12-25-22(26-13-16)28-6-8-29-9-7-28/h10,12-15H,1-9H2,(H,24,27). The number of nitrogens with zero attached hydrogens (tertiary/aromatic N) is 5. The number of thiophene rings is 1. The molecule has 1 N–H and O–H groups in total. The van der Waals surface area contributed by atoms with Crippen molar-refractivity contribution >= 4 is 38.9 Å². The van der Waals surface area contributed by atoms with Gasteiger partial charge in [0.2, 0.25) is 5.95 Å². The van der Waals surface area contributed by atoms with Crippen LogP contribution in [-0.4, -0.2) is 41.3 Å². The van der Waals surface area contributed by atoms with E-state index in [1.807, 2.05) is 6.20 Å². The van der Waals surface area contributed by atoms with Crippen LogP contribution in [0, 0.1) is 11.3 Å². The van der Waals surface area contributed by atoms with Crippen molar-refractivity contribution in [1.29, 1.82) is 5.26 Å². The Kier molecular flexibility index (Phi) is 5.47. The predicted molar refractivity (Wildman–Crippen MR) is 119 cm³/mol. The fourth-order valence-electron chi connectivity index (χ4n) is 4.43. The highest BCUT2D eigenvalue weighted by molar-refractivity contribution is 7.19. The van der Waals surface area contributed by atoms with Crippen molar-refractivity contribution in [2.75, 3.05) is 36.5 Å². The van der Waals surface area contributed by atoms with E-state index in [9.17, 15) is 5.26 Å². The zero-order chi connectivity index (χ0) is 20.3. The molecule has 0 radical (unpaired) electrons. The molecule has 0 amide bonds. The van der Waals surface area contributed by atoms with Gasteiger partial charge >= 0.3 is 0 Å². The minimum Gasteiger partial charge on any atom is -0.378 e. The second kappa shape index (κ2) is 8.54. The SMILES string of the molecule is N#Cc1sc2cnc(Nc3cnc(N4CCOCC4)nc3)cc2c1C1CCCCC1. The van der Waals surface area contributed by atoms with Gasteiger partial charge in [0.1, 0.15) is 16.8 Å². The zero-order valence-electron chi connectivity index (χ0n) is 16.8. The van der Waals surface area contributed by atoms with E-state index in [0.29, 0.717) is 19.1 Å². The lowest BCUT2D eigenvalue weighted by Crippen LogP contribution is -2.37. The Morgan fingerprint density at radius 3 is 2.57 bits per heavy atom. The summed E-state index contributed by atoms with van der Waals surface area (Å²) in [5.74, 6) is 1.96. The van der Waals surface area contributed by atoms with E-state index in [1.54, 1.807) is 23.7 Å². The molecule has 30 heavy (non-hydrogen) atoms. The molecule has 0 aromatic carbocycles. The molecule has 154 valence electrons. The van der Waals surface area contributed by atoms with Crippen LogP contribution in [0.3, 0.4) is 0 Å². The normalized spacial score (nSPS) is 17.8. The average Bonchev–Trinajstić information content (AvgIpc) is 3.19. The molecule has 0 unspecified atom stereocenters. The van der Waals surface area contributed by atoms with Crippen LogP contribution in [-0.2, 0) is 4.74 Å². The first-order chi connectivity index (χ1) is 14.8. The Balaban J connectivity index is 1.40. The smallest absolute Gasteiger partial charge is 0.225 e. The number of hydrogen-bond acceptors (Lipinski definition) is 8. The van der Waals surface area contributed by atoms with E-state index in [0.717, 1.165) is 45.5 Å². The quantitative estimate of drug-likeness (QED) is 0.661. The summed E-state index contributed by atoms with van der Waals surface area (Å²) in [6, 6.07) is 4.50. The van der Waals surface area contributed by atoms with Gasteiger partial charge in [0.15, 0.2) is 0 Å². The van der Waals surface area contributed by atoms with Gasteiger partial charge in [-0.15, -0.1) is 11.3 Å². The Hall–Kier alpha value is -2.76. The Morgan fingerprint density at radius 1 is 1.07 bits per heavy atom. The largest absolute Gasteiger partial charge is 0.378 e. The van der Waals surface area contributed by atoms with E-state index >= 15 is 0 Å². The highest BCUT2D eigenvalue weighted by atomic mass is 32.1. The number of anilines is 3. The van der Waals surface area contributed by atoms with Crippen molar-refractivity contribution in [2.24, 2.45) is 0 Å². The molecule has 8 heteroatoms. The Labute approximate surface area is 179 Å². The summed E-state index contributed by atoms with van der Waals surface area (Å²) in [7, 11) is 0. The lowest BCUT2D eigenvalue weighted by atomic mass is 9.83.